The maximum absolute atomic E-state index is 12.0. The lowest BCUT2D eigenvalue weighted by Gasteiger charge is -2.24. The molecule has 0 spiro atoms. The number of hydrogen-bond donors (Lipinski definition) is 3. The van der Waals surface area contributed by atoms with Crippen molar-refractivity contribution in [1.82, 2.24) is 15.5 Å². The van der Waals surface area contributed by atoms with Crippen LogP contribution in [0.15, 0.2) is 24.3 Å². The molecular formula is C25H47N3O3. The van der Waals surface area contributed by atoms with Gasteiger partial charge in [0.1, 0.15) is 0 Å². The summed E-state index contributed by atoms with van der Waals surface area (Å²) < 4.78 is 0. The lowest BCUT2D eigenvalue weighted by Crippen LogP contribution is -2.42. The van der Waals surface area contributed by atoms with Gasteiger partial charge in [0.2, 0.25) is 11.8 Å². The molecule has 6 heteroatoms. The summed E-state index contributed by atoms with van der Waals surface area (Å²) in [5, 5.41) is 15.6. The van der Waals surface area contributed by atoms with Gasteiger partial charge >= 0.3 is 0 Å². The molecule has 0 rings (SSSR count). The Bertz CT molecular complexity index is 464. The van der Waals surface area contributed by atoms with Crippen LogP contribution in [-0.4, -0.2) is 60.6 Å². The highest BCUT2D eigenvalue weighted by Gasteiger charge is 2.10. The molecule has 2 amide bonds. The zero-order chi connectivity index (χ0) is 23.2. The van der Waals surface area contributed by atoms with Gasteiger partial charge in [0.05, 0.1) is 6.10 Å². The first-order chi connectivity index (χ1) is 15.0. The third kappa shape index (κ3) is 21.4. The Morgan fingerprint density at radius 3 is 1.65 bits per heavy atom. The Balaban J connectivity index is 3.94. The second-order valence-electron chi connectivity index (χ2n) is 8.10. The number of nitrogens with one attached hydrogen (secondary N) is 2. The summed E-state index contributed by atoms with van der Waals surface area (Å²) in [6.45, 7) is 8.95. The maximum Gasteiger partial charge on any atom is 0.220 e. The molecule has 0 aromatic rings. The number of amides is 2. The van der Waals surface area contributed by atoms with E-state index in [1.54, 1.807) is 6.92 Å². The van der Waals surface area contributed by atoms with Gasteiger partial charge in [-0.25, -0.2) is 0 Å². The van der Waals surface area contributed by atoms with Crippen LogP contribution in [0.2, 0.25) is 0 Å². The molecular weight excluding hydrogens is 390 g/mol. The van der Waals surface area contributed by atoms with E-state index in [-0.39, 0.29) is 11.8 Å². The zero-order valence-corrected chi connectivity index (χ0v) is 20.2. The number of nitrogens with zero attached hydrogens (tertiary/aromatic N) is 1. The van der Waals surface area contributed by atoms with Crippen molar-refractivity contribution < 1.29 is 14.7 Å². The molecule has 1 unspecified atom stereocenters. The van der Waals surface area contributed by atoms with Crippen LogP contribution in [0.25, 0.3) is 0 Å². The Morgan fingerprint density at radius 1 is 0.806 bits per heavy atom. The van der Waals surface area contributed by atoms with Gasteiger partial charge in [-0.15, -0.1) is 0 Å². The van der Waals surface area contributed by atoms with Crippen molar-refractivity contribution in [3.8, 4) is 0 Å². The quantitative estimate of drug-likeness (QED) is 0.199. The molecule has 0 saturated heterocycles. The summed E-state index contributed by atoms with van der Waals surface area (Å²) in [7, 11) is 0. The highest BCUT2D eigenvalue weighted by atomic mass is 16.3. The van der Waals surface area contributed by atoms with E-state index in [0.29, 0.717) is 45.6 Å². The minimum absolute atomic E-state index is 0.0820. The first kappa shape index (κ1) is 29.3. The SMILES string of the molecule is CC/C=C/CCCCC(=O)NCCN(CCNC(=O)CCCC/C=C/CC)CC(C)O. The summed E-state index contributed by atoms with van der Waals surface area (Å²) in [6.07, 6.45) is 17.4. The number of carbonyl (C=O) groups excluding carboxylic acids is 2. The van der Waals surface area contributed by atoms with Crippen molar-refractivity contribution in [3.63, 3.8) is 0 Å². The third-order valence-corrected chi connectivity index (χ3v) is 4.88. The van der Waals surface area contributed by atoms with Crippen molar-refractivity contribution in [2.24, 2.45) is 0 Å². The van der Waals surface area contributed by atoms with E-state index in [1.165, 1.54) is 0 Å². The Labute approximate surface area is 190 Å². The first-order valence-electron chi connectivity index (χ1n) is 12.2. The lowest BCUT2D eigenvalue weighted by molar-refractivity contribution is -0.121. The lowest BCUT2D eigenvalue weighted by atomic mass is 10.1. The normalized spacial score (nSPS) is 12.7. The Kier molecular flexibility index (Phi) is 20.4. The summed E-state index contributed by atoms with van der Waals surface area (Å²) in [4.78, 5) is 26.0. The van der Waals surface area contributed by atoms with Gasteiger partial charge in [0, 0.05) is 45.6 Å². The van der Waals surface area contributed by atoms with Crippen molar-refractivity contribution in [2.45, 2.75) is 91.1 Å². The van der Waals surface area contributed by atoms with Crippen molar-refractivity contribution >= 4 is 11.8 Å². The molecule has 0 heterocycles. The van der Waals surface area contributed by atoms with Crippen LogP contribution in [0, 0.1) is 0 Å². The van der Waals surface area contributed by atoms with Gasteiger partial charge < -0.3 is 15.7 Å². The number of allylic oxidation sites excluding steroid dienone is 4. The maximum atomic E-state index is 12.0. The third-order valence-electron chi connectivity index (χ3n) is 4.88. The van der Waals surface area contributed by atoms with Gasteiger partial charge in [0.15, 0.2) is 0 Å². The van der Waals surface area contributed by atoms with E-state index < -0.39 is 6.10 Å². The summed E-state index contributed by atoms with van der Waals surface area (Å²) >= 11 is 0. The topological polar surface area (TPSA) is 81.7 Å². The zero-order valence-electron chi connectivity index (χ0n) is 20.2. The van der Waals surface area contributed by atoms with Gasteiger partial charge in [-0.3, -0.25) is 14.5 Å². The van der Waals surface area contributed by atoms with Crippen molar-refractivity contribution in [1.29, 1.82) is 0 Å². The van der Waals surface area contributed by atoms with Crippen LogP contribution in [0.3, 0.4) is 0 Å². The van der Waals surface area contributed by atoms with Crippen molar-refractivity contribution in [2.75, 3.05) is 32.7 Å². The molecule has 3 N–H and O–H groups in total. The molecule has 0 radical (unpaired) electrons. The number of aliphatic hydroxyl groups is 1. The molecule has 0 aromatic carbocycles. The van der Waals surface area contributed by atoms with Gasteiger partial charge in [-0.1, -0.05) is 38.2 Å². The molecule has 0 aliphatic heterocycles. The molecule has 0 fully saturated rings. The fraction of sp³-hybridized carbons (Fsp3) is 0.760. The molecule has 1 atom stereocenters. The van der Waals surface area contributed by atoms with Crippen LogP contribution in [-0.2, 0) is 9.59 Å². The largest absolute Gasteiger partial charge is 0.392 e. The van der Waals surface area contributed by atoms with Gasteiger partial charge in [-0.2, -0.15) is 0 Å². The Hall–Kier alpha value is -1.66. The average Bonchev–Trinajstić information content (AvgIpc) is 2.72. The number of aliphatic hydroxyl groups excluding tert-OH is 1. The number of unbranched alkanes of at least 4 members (excludes halogenated alkanes) is 4. The number of carbonyl (C=O) groups is 2. The fourth-order valence-electron chi connectivity index (χ4n) is 3.22. The first-order valence-corrected chi connectivity index (χ1v) is 12.2. The number of hydrogen-bond acceptors (Lipinski definition) is 4. The average molecular weight is 438 g/mol. The Morgan fingerprint density at radius 2 is 1.26 bits per heavy atom. The van der Waals surface area contributed by atoms with Crippen molar-refractivity contribution in [3.05, 3.63) is 24.3 Å². The van der Waals surface area contributed by atoms with E-state index >= 15 is 0 Å². The predicted molar refractivity (Wildman–Crippen MR) is 130 cm³/mol. The molecule has 180 valence electrons. The number of rotatable bonds is 20. The van der Waals surface area contributed by atoms with E-state index in [9.17, 15) is 14.7 Å². The molecule has 0 saturated carbocycles. The monoisotopic (exact) mass is 437 g/mol. The molecule has 31 heavy (non-hydrogen) atoms. The summed E-state index contributed by atoms with van der Waals surface area (Å²) in [5.41, 5.74) is 0. The summed E-state index contributed by atoms with van der Waals surface area (Å²) in [5.74, 6) is 0.164. The van der Waals surface area contributed by atoms with E-state index in [2.05, 4.69) is 53.7 Å². The standard InChI is InChI=1S/C25H47N3O3/c1-4-6-8-10-12-14-16-24(30)26-18-20-28(22-23(3)29)21-19-27-25(31)17-15-13-11-9-7-5-2/h6-9,23,29H,4-5,10-22H2,1-3H3,(H,26,30)(H,27,31)/b8-6+,9-7+. The molecule has 0 bridgehead atoms. The van der Waals surface area contributed by atoms with E-state index in [4.69, 9.17) is 0 Å². The highest BCUT2D eigenvalue weighted by Crippen LogP contribution is 2.02. The van der Waals surface area contributed by atoms with Crippen LogP contribution in [0.1, 0.15) is 85.0 Å². The minimum Gasteiger partial charge on any atom is -0.392 e. The molecule has 0 aromatic heterocycles. The fourth-order valence-corrected chi connectivity index (χ4v) is 3.22. The van der Waals surface area contributed by atoms with Gasteiger partial charge in [0.25, 0.3) is 0 Å². The predicted octanol–water partition coefficient (Wildman–Crippen LogP) is 3.95. The highest BCUT2D eigenvalue weighted by molar-refractivity contribution is 5.76. The smallest absolute Gasteiger partial charge is 0.220 e. The molecule has 6 nitrogen and oxygen atoms in total. The molecule has 0 aliphatic rings. The van der Waals surface area contributed by atoms with E-state index in [0.717, 1.165) is 51.4 Å². The second kappa shape index (κ2) is 21.6. The summed E-state index contributed by atoms with van der Waals surface area (Å²) in [6, 6.07) is 0. The van der Waals surface area contributed by atoms with Crippen LogP contribution in [0.5, 0.6) is 0 Å². The van der Waals surface area contributed by atoms with Crippen LogP contribution >= 0.6 is 0 Å². The van der Waals surface area contributed by atoms with Crippen LogP contribution < -0.4 is 10.6 Å². The second-order valence-corrected chi connectivity index (χ2v) is 8.10. The van der Waals surface area contributed by atoms with Gasteiger partial charge in [-0.05, 0) is 58.3 Å². The minimum atomic E-state index is -0.446. The van der Waals surface area contributed by atoms with Crippen LogP contribution in [0.4, 0.5) is 0 Å². The van der Waals surface area contributed by atoms with E-state index in [1.807, 2.05) is 0 Å². The molecule has 0 aliphatic carbocycles.